The molecule has 0 saturated carbocycles. The van der Waals surface area contributed by atoms with Crippen LogP contribution in [-0.4, -0.2) is 27.1 Å². The molecule has 2 aromatic carbocycles. The van der Waals surface area contributed by atoms with Gasteiger partial charge in [-0.2, -0.15) is 5.26 Å². The van der Waals surface area contributed by atoms with Gasteiger partial charge in [0.25, 0.3) is 0 Å². The van der Waals surface area contributed by atoms with Crippen LogP contribution in [0.3, 0.4) is 0 Å². The van der Waals surface area contributed by atoms with Crippen molar-refractivity contribution in [3.8, 4) is 6.07 Å². The Morgan fingerprint density at radius 1 is 1.19 bits per heavy atom. The van der Waals surface area contributed by atoms with Gasteiger partial charge < -0.3 is 5.32 Å². The van der Waals surface area contributed by atoms with Gasteiger partial charge in [-0.15, -0.1) is 0 Å². The fourth-order valence-corrected chi connectivity index (χ4v) is 3.44. The molecule has 0 fully saturated rings. The lowest BCUT2D eigenvalue weighted by Gasteiger charge is -2.22. The minimum atomic E-state index is -3.58. The molecule has 26 heavy (non-hydrogen) atoms. The Morgan fingerprint density at radius 2 is 1.88 bits per heavy atom. The van der Waals surface area contributed by atoms with E-state index in [2.05, 4.69) is 5.32 Å². The first-order valence-electron chi connectivity index (χ1n) is 8.06. The predicted octanol–water partition coefficient (Wildman–Crippen LogP) is 2.97. The third-order valence-corrected chi connectivity index (χ3v) is 5.28. The summed E-state index contributed by atoms with van der Waals surface area (Å²) in [5.41, 5.74) is 3.48. The zero-order chi connectivity index (χ0) is 19.3. The summed E-state index contributed by atoms with van der Waals surface area (Å²) in [5.74, 6) is -0.274. The number of hydrogen-bond acceptors (Lipinski definition) is 4. The lowest BCUT2D eigenvalue weighted by Crippen LogP contribution is -2.33. The van der Waals surface area contributed by atoms with Gasteiger partial charge >= 0.3 is 0 Å². The summed E-state index contributed by atoms with van der Waals surface area (Å²) >= 11 is 0. The average Bonchev–Trinajstić information content (AvgIpc) is 2.58. The molecule has 1 amide bonds. The molecule has 0 atom stereocenters. The van der Waals surface area contributed by atoms with Gasteiger partial charge in [-0.1, -0.05) is 18.2 Å². The molecule has 0 bridgehead atoms. The van der Waals surface area contributed by atoms with Crippen LogP contribution >= 0.6 is 0 Å². The van der Waals surface area contributed by atoms with Crippen molar-refractivity contribution < 1.29 is 13.2 Å². The number of anilines is 2. The topological polar surface area (TPSA) is 90.3 Å². The Hall–Kier alpha value is -2.85. The van der Waals surface area contributed by atoms with Gasteiger partial charge in [0.2, 0.25) is 15.9 Å². The number of amides is 1. The van der Waals surface area contributed by atoms with Crippen LogP contribution in [-0.2, 0) is 14.8 Å². The molecule has 0 unspecified atom stereocenters. The molecule has 0 aliphatic rings. The highest BCUT2D eigenvalue weighted by Crippen LogP contribution is 2.21. The largest absolute Gasteiger partial charge is 0.326 e. The highest BCUT2D eigenvalue weighted by Gasteiger charge is 2.19. The number of benzene rings is 2. The second-order valence-corrected chi connectivity index (χ2v) is 7.95. The maximum absolute atomic E-state index is 12.3. The van der Waals surface area contributed by atoms with Gasteiger partial charge in [0.05, 0.1) is 23.6 Å². The zero-order valence-electron chi connectivity index (χ0n) is 15.0. The fraction of sp³-hybridized carbons (Fsp3) is 0.263. The molecular formula is C19H21N3O3S. The summed E-state index contributed by atoms with van der Waals surface area (Å²) in [6.07, 6.45) is 1.08. The van der Waals surface area contributed by atoms with E-state index in [1.165, 1.54) is 6.07 Å². The van der Waals surface area contributed by atoms with E-state index >= 15 is 0 Å². The normalized spacial score (nSPS) is 10.8. The van der Waals surface area contributed by atoms with Crippen LogP contribution in [0.1, 0.15) is 23.1 Å². The molecular weight excluding hydrogens is 350 g/mol. The van der Waals surface area contributed by atoms with Gasteiger partial charge in [0.1, 0.15) is 0 Å². The number of hydrogen-bond donors (Lipinski definition) is 1. The molecule has 1 N–H and O–H groups in total. The highest BCUT2D eigenvalue weighted by molar-refractivity contribution is 7.92. The second-order valence-electron chi connectivity index (χ2n) is 6.04. The van der Waals surface area contributed by atoms with E-state index in [1.54, 1.807) is 18.2 Å². The van der Waals surface area contributed by atoms with Crippen molar-refractivity contribution in [3.05, 3.63) is 59.2 Å². The minimum absolute atomic E-state index is 0.00274. The maximum Gasteiger partial charge on any atom is 0.232 e. The Kier molecular flexibility index (Phi) is 6.01. The SMILES string of the molecule is Cc1cccc(NC(=O)CCN(c2cccc(C#N)c2)S(C)(=O)=O)c1C. The van der Waals surface area contributed by atoms with Crippen LogP contribution in [0.15, 0.2) is 42.5 Å². The van der Waals surface area contributed by atoms with E-state index < -0.39 is 10.0 Å². The number of aryl methyl sites for hydroxylation is 1. The summed E-state index contributed by atoms with van der Waals surface area (Å²) in [6.45, 7) is 3.87. The monoisotopic (exact) mass is 371 g/mol. The molecule has 2 aromatic rings. The van der Waals surface area contributed by atoms with E-state index in [9.17, 15) is 13.2 Å². The molecule has 0 saturated heterocycles. The third kappa shape index (κ3) is 4.83. The molecule has 0 spiro atoms. The summed E-state index contributed by atoms with van der Waals surface area (Å²) in [7, 11) is -3.58. The van der Waals surface area contributed by atoms with Crippen molar-refractivity contribution >= 4 is 27.3 Å². The van der Waals surface area contributed by atoms with Gasteiger partial charge in [-0.25, -0.2) is 8.42 Å². The number of rotatable bonds is 6. The first-order valence-corrected chi connectivity index (χ1v) is 9.91. The molecule has 2 rings (SSSR count). The van der Waals surface area contributed by atoms with E-state index in [0.29, 0.717) is 16.9 Å². The first kappa shape index (κ1) is 19.5. The van der Waals surface area contributed by atoms with Crippen molar-refractivity contribution in [1.82, 2.24) is 0 Å². The Morgan fingerprint density at radius 3 is 2.54 bits per heavy atom. The Balaban J connectivity index is 2.14. The Labute approximate surface area is 154 Å². The minimum Gasteiger partial charge on any atom is -0.326 e. The number of nitriles is 1. The quantitative estimate of drug-likeness (QED) is 0.845. The first-order chi connectivity index (χ1) is 12.2. The molecule has 0 heterocycles. The van der Waals surface area contributed by atoms with Crippen molar-refractivity contribution in [3.63, 3.8) is 0 Å². The summed E-state index contributed by atoms with van der Waals surface area (Å²) < 4.78 is 25.4. The number of nitrogens with zero attached hydrogens (tertiary/aromatic N) is 2. The van der Waals surface area contributed by atoms with Crippen LogP contribution in [0, 0.1) is 25.2 Å². The molecule has 7 heteroatoms. The molecule has 0 radical (unpaired) electrons. The lowest BCUT2D eigenvalue weighted by atomic mass is 10.1. The maximum atomic E-state index is 12.3. The summed E-state index contributed by atoms with van der Waals surface area (Å²) in [4.78, 5) is 12.3. The Bertz CT molecular complexity index is 962. The summed E-state index contributed by atoms with van der Waals surface area (Å²) in [5, 5.41) is 11.8. The van der Waals surface area contributed by atoms with E-state index in [0.717, 1.165) is 21.7 Å². The van der Waals surface area contributed by atoms with Crippen molar-refractivity contribution in [2.45, 2.75) is 20.3 Å². The van der Waals surface area contributed by atoms with Crippen LogP contribution in [0.2, 0.25) is 0 Å². The van der Waals surface area contributed by atoms with Crippen LogP contribution < -0.4 is 9.62 Å². The fourth-order valence-electron chi connectivity index (χ4n) is 2.52. The van der Waals surface area contributed by atoms with Crippen LogP contribution in [0.4, 0.5) is 11.4 Å². The number of nitrogens with one attached hydrogen (secondary N) is 1. The van der Waals surface area contributed by atoms with Crippen LogP contribution in [0.25, 0.3) is 0 Å². The smallest absolute Gasteiger partial charge is 0.232 e. The van der Waals surface area contributed by atoms with Gasteiger partial charge in [-0.05, 0) is 49.2 Å². The number of carbonyl (C=O) groups is 1. The lowest BCUT2D eigenvalue weighted by molar-refractivity contribution is -0.116. The standard InChI is InChI=1S/C19H21N3O3S/c1-14-6-4-9-18(15(14)2)21-19(23)10-11-22(26(3,24)25)17-8-5-7-16(12-17)13-20/h4-9,12H,10-11H2,1-3H3,(H,21,23). The molecule has 0 aromatic heterocycles. The number of carbonyl (C=O) groups excluding carboxylic acids is 1. The molecule has 136 valence electrons. The van der Waals surface area contributed by atoms with Crippen molar-refractivity contribution in [2.24, 2.45) is 0 Å². The summed E-state index contributed by atoms with van der Waals surface area (Å²) in [6, 6.07) is 13.9. The van der Waals surface area contributed by atoms with Gasteiger partial charge in [0, 0.05) is 18.7 Å². The zero-order valence-corrected chi connectivity index (χ0v) is 15.8. The third-order valence-electron chi connectivity index (χ3n) is 4.08. The molecule has 0 aliphatic heterocycles. The molecule has 0 aliphatic carbocycles. The van der Waals surface area contributed by atoms with Crippen molar-refractivity contribution in [2.75, 3.05) is 22.4 Å². The average molecular weight is 371 g/mol. The highest BCUT2D eigenvalue weighted by atomic mass is 32.2. The molecule has 6 nitrogen and oxygen atoms in total. The van der Waals surface area contributed by atoms with E-state index in [1.807, 2.05) is 38.1 Å². The van der Waals surface area contributed by atoms with Crippen molar-refractivity contribution in [1.29, 1.82) is 5.26 Å². The van der Waals surface area contributed by atoms with E-state index in [4.69, 9.17) is 5.26 Å². The van der Waals surface area contributed by atoms with Crippen LogP contribution in [0.5, 0.6) is 0 Å². The number of sulfonamides is 1. The van der Waals surface area contributed by atoms with E-state index in [-0.39, 0.29) is 18.9 Å². The predicted molar refractivity (Wildman–Crippen MR) is 103 cm³/mol. The van der Waals surface area contributed by atoms with Gasteiger partial charge in [0.15, 0.2) is 0 Å². The van der Waals surface area contributed by atoms with Gasteiger partial charge in [-0.3, -0.25) is 9.10 Å². The second kappa shape index (κ2) is 8.02.